The lowest BCUT2D eigenvalue weighted by Crippen LogP contribution is -2.72. The first kappa shape index (κ1) is 27.1. The van der Waals surface area contributed by atoms with Crippen LogP contribution in [-0.4, -0.2) is 49.8 Å². The van der Waals surface area contributed by atoms with E-state index in [0.717, 1.165) is 19.3 Å². The van der Waals surface area contributed by atoms with E-state index in [4.69, 9.17) is 4.43 Å². The maximum atomic E-state index is 7.55. The molecule has 3 heterocycles. The third-order valence-electron chi connectivity index (χ3n) is 9.62. The summed E-state index contributed by atoms with van der Waals surface area (Å²) in [5, 5.41) is 8.09. The normalized spacial score (nSPS) is 30.3. The van der Waals surface area contributed by atoms with Gasteiger partial charge in [0.1, 0.15) is 6.29 Å². The van der Waals surface area contributed by atoms with Crippen molar-refractivity contribution in [1.29, 1.82) is 0 Å². The molecule has 6 atom stereocenters. The van der Waals surface area contributed by atoms with E-state index in [2.05, 4.69) is 118 Å². The molecule has 2 aromatic carbocycles. The van der Waals surface area contributed by atoms with Crippen LogP contribution in [0.5, 0.6) is 0 Å². The number of hydrogen-bond donors (Lipinski definition) is 2. The highest BCUT2D eigenvalue weighted by atomic mass is 28.4. The highest BCUT2D eigenvalue weighted by Crippen LogP contribution is 2.47. The zero-order valence-electron chi connectivity index (χ0n) is 23.9. The summed E-state index contributed by atoms with van der Waals surface area (Å²) in [5.41, 5.74) is 4.70. The Kier molecular flexibility index (Phi) is 8.28. The third kappa shape index (κ3) is 5.49. The van der Waals surface area contributed by atoms with E-state index in [1.165, 1.54) is 24.0 Å². The van der Waals surface area contributed by atoms with Gasteiger partial charge in [-0.15, -0.1) is 0 Å². The Morgan fingerprint density at radius 2 is 1.22 bits per heavy atom. The van der Waals surface area contributed by atoms with Crippen LogP contribution < -0.4 is 10.6 Å². The lowest BCUT2D eigenvalue weighted by Gasteiger charge is -2.52. The summed E-state index contributed by atoms with van der Waals surface area (Å²) in [6.07, 6.45) is 6.26. The molecule has 3 saturated heterocycles. The van der Waals surface area contributed by atoms with Crippen molar-refractivity contribution < 1.29 is 4.43 Å². The summed E-state index contributed by atoms with van der Waals surface area (Å²) in [7, 11) is -1.95. The molecule has 0 aliphatic carbocycles. The number of nitrogens with zero attached hydrogens (tertiary/aromatic N) is 1. The molecule has 0 amide bonds. The molecule has 0 radical (unpaired) electrons. The van der Waals surface area contributed by atoms with Gasteiger partial charge in [0.15, 0.2) is 0 Å². The maximum absolute atomic E-state index is 7.55. The summed E-state index contributed by atoms with van der Waals surface area (Å²) < 4.78 is 7.55. The standard InChI is InChI=1S/C32H49N3OSi/c1-22(2)37(23(3)4,24(5)6)36-31-21-29-19-27(17-25-13-9-7-10-14-25)33-32-34-28(20-30(31)35(29)32)18-26-15-11-8-12-16-26/h7-16,22-24,27-34H,17-21H2,1-6H3/t27-,28-,29-,30-,31+,32?/m1/s1. The van der Waals surface area contributed by atoms with Crippen LogP contribution in [0.1, 0.15) is 71.9 Å². The molecule has 5 heteroatoms. The highest BCUT2D eigenvalue weighted by Gasteiger charge is 2.55. The molecular weight excluding hydrogens is 470 g/mol. The van der Waals surface area contributed by atoms with E-state index in [9.17, 15) is 0 Å². The van der Waals surface area contributed by atoms with Gasteiger partial charge in [0.2, 0.25) is 8.32 Å². The largest absolute Gasteiger partial charge is 0.411 e. The van der Waals surface area contributed by atoms with Gasteiger partial charge in [0.25, 0.3) is 0 Å². The molecule has 0 spiro atoms. The summed E-state index contributed by atoms with van der Waals surface area (Å²) >= 11 is 0. The van der Waals surface area contributed by atoms with Crippen molar-refractivity contribution in [3.05, 3.63) is 71.8 Å². The molecule has 202 valence electrons. The van der Waals surface area contributed by atoms with Gasteiger partial charge in [-0.2, -0.15) is 0 Å². The van der Waals surface area contributed by atoms with Gasteiger partial charge in [-0.05, 0) is 59.9 Å². The molecule has 3 fully saturated rings. The van der Waals surface area contributed by atoms with Crippen LogP contribution in [0.15, 0.2) is 60.7 Å². The Hall–Kier alpha value is -1.50. The molecule has 37 heavy (non-hydrogen) atoms. The molecule has 2 N–H and O–H groups in total. The molecular formula is C32H49N3OSi. The topological polar surface area (TPSA) is 36.5 Å². The van der Waals surface area contributed by atoms with Crippen molar-refractivity contribution in [3.8, 4) is 0 Å². The van der Waals surface area contributed by atoms with Gasteiger partial charge in [0.05, 0.1) is 6.10 Å². The lowest BCUT2D eigenvalue weighted by atomic mass is 9.93. The Bertz CT molecular complexity index is 974. The first-order chi connectivity index (χ1) is 17.8. The molecule has 2 aromatic rings. The molecule has 3 aliphatic rings. The van der Waals surface area contributed by atoms with Crippen molar-refractivity contribution in [2.75, 3.05) is 0 Å². The summed E-state index contributed by atoms with van der Waals surface area (Å²) in [4.78, 5) is 2.79. The maximum Gasteiger partial charge on any atom is 0.200 e. The van der Waals surface area contributed by atoms with Crippen molar-refractivity contribution in [3.63, 3.8) is 0 Å². The predicted molar refractivity (Wildman–Crippen MR) is 157 cm³/mol. The van der Waals surface area contributed by atoms with Gasteiger partial charge in [-0.25, -0.2) is 0 Å². The van der Waals surface area contributed by atoms with Crippen LogP contribution in [0.4, 0.5) is 0 Å². The fourth-order valence-corrected chi connectivity index (χ4v) is 13.8. The smallest absolute Gasteiger partial charge is 0.200 e. The minimum atomic E-state index is -1.95. The van der Waals surface area contributed by atoms with Gasteiger partial charge in [-0.1, -0.05) is 102 Å². The molecule has 0 bridgehead atoms. The van der Waals surface area contributed by atoms with Crippen LogP contribution >= 0.6 is 0 Å². The summed E-state index contributed by atoms with van der Waals surface area (Å²) in [5.74, 6) is 0. The zero-order valence-corrected chi connectivity index (χ0v) is 24.9. The van der Waals surface area contributed by atoms with Gasteiger partial charge in [-0.3, -0.25) is 15.5 Å². The van der Waals surface area contributed by atoms with Crippen molar-refractivity contribution in [1.82, 2.24) is 15.5 Å². The first-order valence-corrected chi connectivity index (χ1v) is 17.0. The fraction of sp³-hybridized carbons (Fsp3) is 0.625. The Labute approximate surface area is 226 Å². The average molecular weight is 520 g/mol. The van der Waals surface area contributed by atoms with Crippen molar-refractivity contribution >= 4 is 8.32 Å². The third-order valence-corrected chi connectivity index (χ3v) is 15.7. The second kappa shape index (κ2) is 11.3. The first-order valence-electron chi connectivity index (χ1n) is 14.8. The molecule has 3 aliphatic heterocycles. The predicted octanol–water partition coefficient (Wildman–Crippen LogP) is 6.48. The average Bonchev–Trinajstić information content (AvgIpc) is 3.20. The zero-order chi connectivity index (χ0) is 26.2. The van der Waals surface area contributed by atoms with Crippen LogP contribution in [0.25, 0.3) is 0 Å². The SMILES string of the molecule is CC(C)[Si](O[C@H]1C[C@H]2C[C@@H](Cc3ccccc3)NC3N[C@H](Cc4ccccc4)C[C@H]1N32)(C(C)C)C(C)C. The quantitative estimate of drug-likeness (QED) is 0.372. The molecule has 1 unspecified atom stereocenters. The van der Waals surface area contributed by atoms with Crippen LogP contribution in [0.3, 0.4) is 0 Å². The molecule has 0 saturated carbocycles. The second-order valence-corrected chi connectivity index (χ2v) is 18.3. The van der Waals surface area contributed by atoms with E-state index >= 15 is 0 Å². The van der Waals surface area contributed by atoms with Crippen molar-refractivity contribution in [2.24, 2.45) is 0 Å². The summed E-state index contributed by atoms with van der Waals surface area (Å²) in [6, 6.07) is 24.0. The monoisotopic (exact) mass is 519 g/mol. The fourth-order valence-electron chi connectivity index (χ4n) is 8.21. The number of hydrogen-bond acceptors (Lipinski definition) is 4. The van der Waals surface area contributed by atoms with E-state index in [1.54, 1.807) is 0 Å². The van der Waals surface area contributed by atoms with E-state index in [0.29, 0.717) is 46.9 Å². The second-order valence-electron chi connectivity index (χ2n) is 12.9. The van der Waals surface area contributed by atoms with Crippen LogP contribution in [0.2, 0.25) is 16.6 Å². The number of benzene rings is 2. The van der Waals surface area contributed by atoms with Crippen LogP contribution in [0, 0.1) is 0 Å². The number of rotatable bonds is 9. The van der Waals surface area contributed by atoms with E-state index in [-0.39, 0.29) is 6.29 Å². The Morgan fingerprint density at radius 1 is 0.730 bits per heavy atom. The van der Waals surface area contributed by atoms with E-state index in [1.807, 2.05) is 0 Å². The lowest BCUT2D eigenvalue weighted by molar-refractivity contribution is -0.0305. The van der Waals surface area contributed by atoms with Gasteiger partial charge >= 0.3 is 0 Å². The Balaban J connectivity index is 1.41. The van der Waals surface area contributed by atoms with Crippen LogP contribution in [-0.2, 0) is 17.3 Å². The minimum absolute atomic E-state index is 0.224. The summed E-state index contributed by atoms with van der Waals surface area (Å²) in [6.45, 7) is 14.6. The Morgan fingerprint density at radius 3 is 1.70 bits per heavy atom. The molecule has 0 aromatic heterocycles. The minimum Gasteiger partial charge on any atom is -0.411 e. The van der Waals surface area contributed by atoms with Gasteiger partial charge < -0.3 is 4.43 Å². The number of nitrogens with one attached hydrogen (secondary N) is 2. The van der Waals surface area contributed by atoms with E-state index < -0.39 is 8.32 Å². The molecule has 4 nitrogen and oxygen atoms in total. The van der Waals surface area contributed by atoms with Crippen molar-refractivity contribution in [2.45, 2.75) is 127 Å². The highest BCUT2D eigenvalue weighted by molar-refractivity contribution is 6.77. The molecule has 5 rings (SSSR count). The van der Waals surface area contributed by atoms with Gasteiger partial charge in [0, 0.05) is 24.2 Å².